The fourth-order valence-corrected chi connectivity index (χ4v) is 4.19. The second-order valence-corrected chi connectivity index (χ2v) is 6.98. The molecule has 3 fully saturated rings. The Kier molecular flexibility index (Phi) is 4.72. The standard InChI is InChI=1S/C16H26F3NO2/c1-2-21-11-15-7-3-9-20(15)13(6-8-15)10-22-14(12-4-5-12)16(17,18)19/h12-14H,2-11H2,1H3. The average Bonchev–Trinajstić information content (AvgIpc) is 3.09. The minimum atomic E-state index is -4.23. The van der Waals surface area contributed by atoms with Gasteiger partial charge in [-0.1, -0.05) is 0 Å². The first-order valence-electron chi connectivity index (χ1n) is 8.49. The highest BCUT2D eigenvalue weighted by Gasteiger charge is 2.52. The van der Waals surface area contributed by atoms with Crippen LogP contribution in [0, 0.1) is 5.92 Å². The quantitative estimate of drug-likeness (QED) is 0.717. The molecule has 6 heteroatoms. The highest BCUT2D eigenvalue weighted by atomic mass is 19.4. The number of hydrogen-bond acceptors (Lipinski definition) is 3. The van der Waals surface area contributed by atoms with Crippen molar-refractivity contribution in [2.45, 2.75) is 69.3 Å². The van der Waals surface area contributed by atoms with Gasteiger partial charge in [0.1, 0.15) is 0 Å². The van der Waals surface area contributed by atoms with E-state index in [1.54, 1.807) is 0 Å². The molecule has 3 rings (SSSR count). The van der Waals surface area contributed by atoms with Gasteiger partial charge in [0.2, 0.25) is 0 Å². The highest BCUT2D eigenvalue weighted by molar-refractivity contribution is 5.04. The Hall–Kier alpha value is -0.330. The van der Waals surface area contributed by atoms with E-state index >= 15 is 0 Å². The Labute approximate surface area is 130 Å². The zero-order valence-electron chi connectivity index (χ0n) is 13.2. The van der Waals surface area contributed by atoms with Gasteiger partial charge in [-0.2, -0.15) is 13.2 Å². The van der Waals surface area contributed by atoms with Crippen molar-refractivity contribution in [3.8, 4) is 0 Å². The van der Waals surface area contributed by atoms with Gasteiger partial charge in [0.15, 0.2) is 6.10 Å². The van der Waals surface area contributed by atoms with Crippen LogP contribution in [-0.2, 0) is 9.47 Å². The number of rotatable bonds is 7. The maximum Gasteiger partial charge on any atom is 0.414 e. The molecule has 0 aromatic heterocycles. The number of ether oxygens (including phenoxy) is 2. The average molecular weight is 321 g/mol. The topological polar surface area (TPSA) is 21.7 Å². The zero-order chi connectivity index (χ0) is 15.8. The Morgan fingerprint density at radius 3 is 2.64 bits per heavy atom. The molecule has 0 bridgehead atoms. The number of nitrogens with zero attached hydrogens (tertiary/aromatic N) is 1. The number of halogens is 3. The molecule has 3 atom stereocenters. The van der Waals surface area contributed by atoms with Crippen molar-refractivity contribution in [1.82, 2.24) is 4.90 Å². The lowest BCUT2D eigenvalue weighted by molar-refractivity contribution is -0.230. The van der Waals surface area contributed by atoms with Crippen LogP contribution in [0.5, 0.6) is 0 Å². The van der Waals surface area contributed by atoms with E-state index in [0.717, 1.165) is 32.2 Å². The van der Waals surface area contributed by atoms with Crippen molar-refractivity contribution >= 4 is 0 Å². The molecule has 0 radical (unpaired) electrons. The van der Waals surface area contributed by atoms with Gasteiger partial charge in [0, 0.05) is 18.2 Å². The molecule has 0 spiro atoms. The lowest BCUT2D eigenvalue weighted by Crippen LogP contribution is -2.48. The third kappa shape index (κ3) is 3.29. The van der Waals surface area contributed by atoms with Crippen molar-refractivity contribution in [2.75, 3.05) is 26.4 Å². The van der Waals surface area contributed by atoms with Gasteiger partial charge in [0.25, 0.3) is 0 Å². The van der Waals surface area contributed by atoms with E-state index in [9.17, 15) is 13.2 Å². The molecule has 0 amide bonds. The Morgan fingerprint density at radius 2 is 2.00 bits per heavy atom. The lowest BCUT2D eigenvalue weighted by Gasteiger charge is -2.35. The molecule has 3 nitrogen and oxygen atoms in total. The Balaban J connectivity index is 1.57. The van der Waals surface area contributed by atoms with Crippen LogP contribution >= 0.6 is 0 Å². The molecule has 3 unspecified atom stereocenters. The van der Waals surface area contributed by atoms with E-state index in [2.05, 4.69) is 4.90 Å². The number of hydrogen-bond donors (Lipinski definition) is 0. The first-order chi connectivity index (χ1) is 10.5. The van der Waals surface area contributed by atoms with E-state index in [1.165, 1.54) is 0 Å². The molecule has 0 aromatic rings. The highest BCUT2D eigenvalue weighted by Crippen LogP contribution is 2.45. The second-order valence-electron chi connectivity index (χ2n) is 6.98. The van der Waals surface area contributed by atoms with Gasteiger partial charge in [-0.15, -0.1) is 0 Å². The van der Waals surface area contributed by atoms with Crippen LogP contribution in [0.4, 0.5) is 13.2 Å². The first kappa shape index (κ1) is 16.5. The molecule has 0 aromatic carbocycles. The monoisotopic (exact) mass is 321 g/mol. The minimum Gasteiger partial charge on any atom is -0.380 e. The molecule has 128 valence electrons. The van der Waals surface area contributed by atoms with Crippen LogP contribution in [0.15, 0.2) is 0 Å². The summed E-state index contributed by atoms with van der Waals surface area (Å²) >= 11 is 0. The van der Waals surface area contributed by atoms with E-state index < -0.39 is 12.3 Å². The largest absolute Gasteiger partial charge is 0.414 e. The van der Waals surface area contributed by atoms with Gasteiger partial charge in [0.05, 0.1) is 13.2 Å². The van der Waals surface area contributed by atoms with Crippen LogP contribution in [0.1, 0.15) is 45.4 Å². The summed E-state index contributed by atoms with van der Waals surface area (Å²) in [4.78, 5) is 2.36. The van der Waals surface area contributed by atoms with Gasteiger partial charge in [-0.25, -0.2) is 0 Å². The number of alkyl halides is 3. The maximum absolute atomic E-state index is 13.0. The summed E-state index contributed by atoms with van der Waals surface area (Å²) in [5.74, 6) is -0.312. The SMILES string of the molecule is CCOCC12CCCN1C(COC(C1CC1)C(F)(F)F)CC2. The van der Waals surface area contributed by atoms with E-state index in [0.29, 0.717) is 26.1 Å². The summed E-state index contributed by atoms with van der Waals surface area (Å²) in [7, 11) is 0. The Bertz CT molecular complexity index is 386. The fourth-order valence-electron chi connectivity index (χ4n) is 4.19. The molecule has 1 aliphatic carbocycles. The molecule has 22 heavy (non-hydrogen) atoms. The third-order valence-corrected chi connectivity index (χ3v) is 5.45. The van der Waals surface area contributed by atoms with Crippen LogP contribution in [-0.4, -0.2) is 55.1 Å². The fraction of sp³-hybridized carbons (Fsp3) is 1.00. The van der Waals surface area contributed by atoms with Crippen molar-refractivity contribution in [3.63, 3.8) is 0 Å². The zero-order valence-corrected chi connectivity index (χ0v) is 13.2. The summed E-state index contributed by atoms with van der Waals surface area (Å²) in [6.07, 6.45) is -0.364. The maximum atomic E-state index is 13.0. The summed E-state index contributed by atoms with van der Waals surface area (Å²) in [6, 6.07) is 0.117. The van der Waals surface area contributed by atoms with Gasteiger partial charge in [-0.05, 0) is 57.9 Å². The van der Waals surface area contributed by atoms with Crippen LogP contribution < -0.4 is 0 Å². The van der Waals surface area contributed by atoms with Crippen molar-refractivity contribution < 1.29 is 22.6 Å². The van der Waals surface area contributed by atoms with E-state index in [1.807, 2.05) is 6.92 Å². The summed E-state index contributed by atoms with van der Waals surface area (Å²) in [5.41, 5.74) is 0.0529. The van der Waals surface area contributed by atoms with Crippen LogP contribution in [0.2, 0.25) is 0 Å². The van der Waals surface area contributed by atoms with Crippen LogP contribution in [0.3, 0.4) is 0 Å². The predicted molar refractivity (Wildman–Crippen MR) is 76.7 cm³/mol. The molecule has 0 N–H and O–H groups in total. The van der Waals surface area contributed by atoms with E-state index in [-0.39, 0.29) is 24.1 Å². The van der Waals surface area contributed by atoms with Gasteiger partial charge >= 0.3 is 6.18 Å². The smallest absolute Gasteiger partial charge is 0.380 e. The minimum absolute atomic E-state index is 0.0529. The summed E-state index contributed by atoms with van der Waals surface area (Å²) in [5, 5.41) is 0. The Morgan fingerprint density at radius 1 is 1.23 bits per heavy atom. The molecule has 1 saturated carbocycles. The normalized spacial score (nSPS) is 34.1. The van der Waals surface area contributed by atoms with Crippen molar-refractivity contribution in [3.05, 3.63) is 0 Å². The van der Waals surface area contributed by atoms with E-state index in [4.69, 9.17) is 9.47 Å². The first-order valence-corrected chi connectivity index (χ1v) is 8.49. The molecule has 2 heterocycles. The van der Waals surface area contributed by atoms with Crippen LogP contribution in [0.25, 0.3) is 0 Å². The number of fused-ring (bicyclic) bond motifs is 1. The summed E-state index contributed by atoms with van der Waals surface area (Å²) < 4.78 is 50.1. The predicted octanol–water partition coefficient (Wildman–Crippen LogP) is 3.38. The molecular formula is C16H26F3NO2. The molecule has 2 saturated heterocycles. The summed E-state index contributed by atoms with van der Waals surface area (Å²) in [6.45, 7) is 4.53. The molecule has 2 aliphatic heterocycles. The van der Waals surface area contributed by atoms with Crippen molar-refractivity contribution in [2.24, 2.45) is 5.92 Å². The third-order valence-electron chi connectivity index (χ3n) is 5.45. The van der Waals surface area contributed by atoms with Gasteiger partial charge < -0.3 is 9.47 Å². The molecule has 3 aliphatic rings. The second kappa shape index (κ2) is 6.29. The molecular weight excluding hydrogens is 295 g/mol. The van der Waals surface area contributed by atoms with Crippen molar-refractivity contribution in [1.29, 1.82) is 0 Å². The lowest BCUT2D eigenvalue weighted by atomic mass is 9.95. The van der Waals surface area contributed by atoms with Gasteiger partial charge in [-0.3, -0.25) is 4.90 Å².